The van der Waals surface area contributed by atoms with E-state index in [0.717, 1.165) is 24.0 Å². The number of carbonyl (C=O) groups is 2. The second kappa shape index (κ2) is 12.5. The zero-order valence-electron chi connectivity index (χ0n) is 19.5. The Morgan fingerprint density at radius 2 is 1.68 bits per heavy atom. The Bertz CT molecular complexity index is 791. The van der Waals surface area contributed by atoms with Crippen LogP contribution in [0.1, 0.15) is 99.0 Å². The molecule has 31 heavy (non-hydrogen) atoms. The number of hydrogen-bond donors (Lipinski definition) is 1. The van der Waals surface area contributed by atoms with E-state index in [0.29, 0.717) is 24.2 Å². The molecular weight excluding hydrogens is 388 g/mol. The first kappa shape index (κ1) is 24.9. The van der Waals surface area contributed by atoms with Crippen LogP contribution in [0.2, 0.25) is 0 Å². The van der Waals surface area contributed by atoms with Gasteiger partial charge in [-0.25, -0.2) is 0 Å². The van der Waals surface area contributed by atoms with E-state index in [1.54, 1.807) is 7.11 Å². The fourth-order valence-electron chi connectivity index (χ4n) is 3.97. The van der Waals surface area contributed by atoms with Crippen molar-refractivity contribution in [1.82, 2.24) is 5.32 Å². The maximum atomic E-state index is 12.7. The van der Waals surface area contributed by atoms with Gasteiger partial charge in [0.25, 0.3) is 5.91 Å². The summed E-state index contributed by atoms with van der Waals surface area (Å²) in [7, 11) is 1.55. The summed E-state index contributed by atoms with van der Waals surface area (Å²) >= 11 is 0. The summed E-state index contributed by atoms with van der Waals surface area (Å²) < 4.78 is 5.41. The van der Waals surface area contributed by atoms with Gasteiger partial charge in [0.1, 0.15) is 11.2 Å². The molecule has 0 radical (unpaired) electrons. The van der Waals surface area contributed by atoms with Crippen molar-refractivity contribution in [3.8, 4) is 11.8 Å². The Kier molecular flexibility index (Phi) is 10.0. The summed E-state index contributed by atoms with van der Waals surface area (Å²) in [5.41, 5.74) is 1.85. The Balaban J connectivity index is 1.85. The number of ketones is 1. The highest BCUT2D eigenvalue weighted by molar-refractivity contribution is 6.01. The zero-order chi connectivity index (χ0) is 22.7. The minimum absolute atomic E-state index is 0.114. The third kappa shape index (κ3) is 7.38. The quantitative estimate of drug-likeness (QED) is 0.366. The van der Waals surface area contributed by atoms with Gasteiger partial charge in [0.05, 0.1) is 25.3 Å². The minimum Gasteiger partial charge on any atom is -0.496 e. The lowest BCUT2D eigenvalue weighted by molar-refractivity contribution is -0.121. The fourth-order valence-corrected chi connectivity index (χ4v) is 3.97. The molecule has 1 saturated carbocycles. The van der Waals surface area contributed by atoms with E-state index in [9.17, 15) is 9.59 Å². The molecule has 5 heteroatoms. The number of amides is 1. The van der Waals surface area contributed by atoms with Crippen LogP contribution in [0, 0.1) is 23.7 Å². The van der Waals surface area contributed by atoms with Crippen LogP contribution in [-0.2, 0) is 11.2 Å². The van der Waals surface area contributed by atoms with Crippen molar-refractivity contribution in [3.05, 3.63) is 28.8 Å². The van der Waals surface area contributed by atoms with E-state index in [-0.39, 0.29) is 18.2 Å². The van der Waals surface area contributed by atoms with Crippen LogP contribution >= 0.6 is 0 Å². The van der Waals surface area contributed by atoms with Crippen molar-refractivity contribution < 1.29 is 14.3 Å². The first-order chi connectivity index (χ1) is 15.0. The molecule has 5 nitrogen and oxygen atoms in total. The zero-order valence-corrected chi connectivity index (χ0v) is 19.5. The van der Waals surface area contributed by atoms with Crippen molar-refractivity contribution in [2.45, 2.75) is 90.9 Å². The van der Waals surface area contributed by atoms with Crippen LogP contribution in [0.25, 0.3) is 0 Å². The molecule has 0 aromatic heterocycles. The van der Waals surface area contributed by atoms with Gasteiger partial charge in [-0.05, 0) is 55.9 Å². The molecule has 0 atom stereocenters. The van der Waals surface area contributed by atoms with Gasteiger partial charge in [0.15, 0.2) is 5.78 Å². The van der Waals surface area contributed by atoms with Gasteiger partial charge in [-0.3, -0.25) is 9.59 Å². The molecule has 0 spiro atoms. The SMILES string of the molecule is CCCCCCCCCCCc1cc(C(=O)NCC(=O)C2(C#N)CC2)c(OC)cc1C. The van der Waals surface area contributed by atoms with Crippen molar-refractivity contribution in [1.29, 1.82) is 5.26 Å². The number of methoxy groups -OCH3 is 1. The standard InChI is InChI=1S/C26H38N2O3/c1-4-5-6-7-8-9-10-11-12-13-21-17-22(23(31-3)16-20(21)2)25(30)28-18-24(29)26(19-27)14-15-26/h16-17H,4-15,18H2,1-3H3,(H,28,30). The average molecular weight is 427 g/mol. The predicted molar refractivity (Wildman–Crippen MR) is 123 cm³/mol. The van der Waals surface area contributed by atoms with Crippen LogP contribution in [-0.4, -0.2) is 25.3 Å². The topological polar surface area (TPSA) is 79.2 Å². The van der Waals surface area contributed by atoms with Crippen LogP contribution < -0.4 is 10.1 Å². The maximum Gasteiger partial charge on any atom is 0.255 e. The fraction of sp³-hybridized carbons (Fsp3) is 0.654. The number of unbranched alkanes of at least 4 members (excludes halogenated alkanes) is 8. The lowest BCUT2D eigenvalue weighted by Gasteiger charge is -2.14. The van der Waals surface area contributed by atoms with Crippen molar-refractivity contribution in [2.75, 3.05) is 13.7 Å². The number of nitrogens with one attached hydrogen (secondary N) is 1. The lowest BCUT2D eigenvalue weighted by Crippen LogP contribution is -2.33. The Morgan fingerprint density at radius 3 is 2.23 bits per heavy atom. The van der Waals surface area contributed by atoms with E-state index in [4.69, 9.17) is 10.00 Å². The lowest BCUT2D eigenvalue weighted by atomic mass is 9.97. The summed E-state index contributed by atoms with van der Waals surface area (Å²) in [6.07, 6.45) is 13.7. The van der Waals surface area contributed by atoms with Crippen LogP contribution in [0.3, 0.4) is 0 Å². The number of rotatable bonds is 15. The summed E-state index contributed by atoms with van der Waals surface area (Å²) in [5, 5.41) is 11.8. The predicted octanol–water partition coefficient (Wildman–Crippen LogP) is 5.68. The van der Waals surface area contributed by atoms with Gasteiger partial charge in [-0.2, -0.15) is 5.26 Å². The highest BCUT2D eigenvalue weighted by Gasteiger charge is 2.49. The molecule has 0 heterocycles. The molecule has 170 valence electrons. The van der Waals surface area contributed by atoms with E-state index < -0.39 is 5.41 Å². The van der Waals surface area contributed by atoms with Crippen molar-refractivity contribution in [3.63, 3.8) is 0 Å². The number of hydrogen-bond acceptors (Lipinski definition) is 4. The molecule has 1 amide bonds. The monoisotopic (exact) mass is 426 g/mol. The van der Waals surface area contributed by atoms with Gasteiger partial charge in [-0.1, -0.05) is 58.3 Å². The molecule has 1 fully saturated rings. The van der Waals surface area contributed by atoms with E-state index >= 15 is 0 Å². The number of nitriles is 1. The second-order valence-electron chi connectivity index (χ2n) is 8.86. The highest BCUT2D eigenvalue weighted by atomic mass is 16.5. The normalized spacial score (nSPS) is 14.0. The molecule has 1 aromatic carbocycles. The summed E-state index contributed by atoms with van der Waals surface area (Å²) in [5.74, 6) is -0.0173. The van der Waals surface area contributed by atoms with Gasteiger partial charge >= 0.3 is 0 Å². The maximum absolute atomic E-state index is 12.7. The smallest absolute Gasteiger partial charge is 0.255 e. The van der Waals surface area contributed by atoms with Gasteiger partial charge in [0.2, 0.25) is 0 Å². The van der Waals surface area contributed by atoms with Gasteiger partial charge in [0, 0.05) is 0 Å². The molecule has 0 aliphatic heterocycles. The largest absolute Gasteiger partial charge is 0.496 e. The highest BCUT2D eigenvalue weighted by Crippen LogP contribution is 2.45. The van der Waals surface area contributed by atoms with E-state index in [2.05, 4.69) is 18.3 Å². The van der Waals surface area contributed by atoms with Crippen molar-refractivity contribution >= 4 is 11.7 Å². The number of aryl methyl sites for hydroxylation is 2. The Labute approximate surface area is 187 Å². The molecular formula is C26H38N2O3. The van der Waals surface area contributed by atoms with E-state index in [1.165, 1.54) is 51.4 Å². The Hall–Kier alpha value is -2.35. The number of nitrogens with zero attached hydrogens (tertiary/aromatic N) is 1. The molecule has 1 aliphatic rings. The van der Waals surface area contributed by atoms with Gasteiger partial charge < -0.3 is 10.1 Å². The third-order valence-electron chi connectivity index (χ3n) is 6.36. The van der Waals surface area contributed by atoms with E-state index in [1.807, 2.05) is 19.1 Å². The van der Waals surface area contributed by atoms with Gasteiger partial charge in [-0.15, -0.1) is 0 Å². The first-order valence-corrected chi connectivity index (χ1v) is 11.9. The first-order valence-electron chi connectivity index (χ1n) is 11.9. The second-order valence-corrected chi connectivity index (χ2v) is 8.86. The van der Waals surface area contributed by atoms with Crippen LogP contribution in [0.5, 0.6) is 5.75 Å². The molecule has 1 N–H and O–H groups in total. The summed E-state index contributed by atoms with van der Waals surface area (Å²) in [6.45, 7) is 4.17. The number of carbonyl (C=O) groups excluding carboxylic acids is 2. The molecule has 0 bridgehead atoms. The summed E-state index contributed by atoms with van der Waals surface area (Å²) in [6, 6.07) is 5.88. The molecule has 0 unspecified atom stereocenters. The molecule has 0 saturated heterocycles. The molecule has 2 rings (SSSR count). The number of Topliss-reactive ketones (excluding diaryl/α,β-unsaturated/α-hetero) is 1. The number of ether oxygens (including phenoxy) is 1. The summed E-state index contributed by atoms with van der Waals surface area (Å²) in [4.78, 5) is 24.9. The minimum atomic E-state index is -0.869. The van der Waals surface area contributed by atoms with Crippen molar-refractivity contribution in [2.24, 2.45) is 5.41 Å². The van der Waals surface area contributed by atoms with Crippen LogP contribution in [0.15, 0.2) is 12.1 Å². The Morgan fingerprint density at radius 1 is 1.06 bits per heavy atom. The average Bonchev–Trinajstić information content (AvgIpc) is 3.58. The van der Waals surface area contributed by atoms with Crippen LogP contribution in [0.4, 0.5) is 0 Å². The number of benzene rings is 1. The molecule has 1 aromatic rings. The third-order valence-corrected chi connectivity index (χ3v) is 6.36. The molecule has 1 aliphatic carbocycles.